The number of hydrogen-bond donors (Lipinski definition) is 1. The second-order valence-electron chi connectivity index (χ2n) is 6.86. The van der Waals surface area contributed by atoms with Gasteiger partial charge in [0.2, 0.25) is 0 Å². The molecule has 2 aromatic carbocycles. The lowest BCUT2D eigenvalue weighted by molar-refractivity contribution is -0.147. The van der Waals surface area contributed by atoms with Crippen molar-refractivity contribution >= 4 is 11.9 Å². The van der Waals surface area contributed by atoms with Crippen LogP contribution in [0, 0.1) is 13.8 Å². The van der Waals surface area contributed by atoms with E-state index in [2.05, 4.69) is 5.32 Å². The minimum absolute atomic E-state index is 0.0567. The molecule has 27 heavy (non-hydrogen) atoms. The van der Waals surface area contributed by atoms with Crippen LogP contribution in [0.25, 0.3) is 0 Å². The Hall–Kier alpha value is -2.82. The van der Waals surface area contributed by atoms with Gasteiger partial charge in [-0.1, -0.05) is 29.8 Å². The number of benzene rings is 2. The van der Waals surface area contributed by atoms with E-state index in [1.165, 1.54) is 0 Å². The Kier molecular flexibility index (Phi) is 6.99. The molecule has 0 aliphatic heterocycles. The van der Waals surface area contributed by atoms with Crippen LogP contribution in [0.1, 0.15) is 53.4 Å². The number of carbonyl (C=O) groups is 2. The van der Waals surface area contributed by atoms with Crippen LogP contribution < -0.4 is 10.1 Å². The van der Waals surface area contributed by atoms with E-state index in [1.807, 2.05) is 38.1 Å². The predicted molar refractivity (Wildman–Crippen MR) is 105 cm³/mol. The maximum absolute atomic E-state index is 12.8. The molecule has 0 aliphatic carbocycles. The van der Waals surface area contributed by atoms with E-state index < -0.39 is 6.04 Å². The van der Waals surface area contributed by atoms with E-state index in [9.17, 15) is 9.59 Å². The number of rotatable bonds is 7. The van der Waals surface area contributed by atoms with Crippen molar-refractivity contribution in [3.05, 3.63) is 64.7 Å². The Morgan fingerprint density at radius 1 is 1.04 bits per heavy atom. The summed E-state index contributed by atoms with van der Waals surface area (Å²) in [7, 11) is 1.59. The van der Waals surface area contributed by atoms with E-state index in [4.69, 9.17) is 9.47 Å². The van der Waals surface area contributed by atoms with Gasteiger partial charge in [0.05, 0.1) is 25.7 Å². The third kappa shape index (κ3) is 5.84. The van der Waals surface area contributed by atoms with Gasteiger partial charge in [-0.25, -0.2) is 0 Å². The van der Waals surface area contributed by atoms with Crippen LogP contribution in [0.3, 0.4) is 0 Å². The summed E-state index contributed by atoms with van der Waals surface area (Å²) in [4.78, 5) is 25.0. The average molecular weight is 369 g/mol. The summed E-state index contributed by atoms with van der Waals surface area (Å²) < 4.78 is 10.4. The molecule has 5 heteroatoms. The monoisotopic (exact) mass is 369 g/mol. The van der Waals surface area contributed by atoms with Gasteiger partial charge in [0.15, 0.2) is 0 Å². The summed E-state index contributed by atoms with van der Waals surface area (Å²) in [5.74, 6) is 0.139. The van der Waals surface area contributed by atoms with Gasteiger partial charge in [-0.15, -0.1) is 0 Å². The fraction of sp³-hybridized carbons (Fsp3) is 0.364. The average Bonchev–Trinajstić information content (AvgIpc) is 2.60. The lowest BCUT2D eigenvalue weighted by atomic mass is 10.0. The summed E-state index contributed by atoms with van der Waals surface area (Å²) in [6, 6.07) is 12.5. The number of amides is 1. The highest BCUT2D eigenvalue weighted by atomic mass is 16.5. The highest BCUT2D eigenvalue weighted by Gasteiger charge is 2.21. The minimum atomic E-state index is -0.490. The van der Waals surface area contributed by atoms with Gasteiger partial charge in [-0.3, -0.25) is 9.59 Å². The first-order valence-electron chi connectivity index (χ1n) is 9.01. The van der Waals surface area contributed by atoms with E-state index in [-0.39, 0.29) is 24.4 Å². The van der Waals surface area contributed by atoms with E-state index in [0.29, 0.717) is 11.3 Å². The molecule has 0 saturated carbocycles. The second kappa shape index (κ2) is 9.21. The smallest absolute Gasteiger partial charge is 0.308 e. The predicted octanol–water partition coefficient (Wildman–Crippen LogP) is 4.12. The van der Waals surface area contributed by atoms with Crippen LogP contribution >= 0.6 is 0 Å². The zero-order chi connectivity index (χ0) is 20.0. The van der Waals surface area contributed by atoms with Crippen molar-refractivity contribution in [3.63, 3.8) is 0 Å². The summed E-state index contributed by atoms with van der Waals surface area (Å²) in [6.45, 7) is 7.48. The molecule has 0 aromatic heterocycles. The quantitative estimate of drug-likeness (QED) is 0.746. The Balaban J connectivity index is 2.24. The minimum Gasteiger partial charge on any atom is -0.497 e. The van der Waals surface area contributed by atoms with E-state index in [0.717, 1.165) is 16.7 Å². The van der Waals surface area contributed by atoms with Crippen molar-refractivity contribution in [1.29, 1.82) is 0 Å². The van der Waals surface area contributed by atoms with Gasteiger partial charge in [0.1, 0.15) is 5.75 Å². The van der Waals surface area contributed by atoms with Gasteiger partial charge in [0, 0.05) is 5.56 Å². The Labute approximate surface area is 160 Å². The lowest BCUT2D eigenvalue weighted by Crippen LogP contribution is -2.31. The largest absolute Gasteiger partial charge is 0.497 e. The number of ether oxygens (including phenoxy) is 2. The fourth-order valence-electron chi connectivity index (χ4n) is 2.87. The maximum Gasteiger partial charge on any atom is 0.308 e. The normalized spacial score (nSPS) is 11.8. The molecule has 0 fully saturated rings. The molecule has 5 nitrogen and oxygen atoms in total. The maximum atomic E-state index is 12.8. The van der Waals surface area contributed by atoms with Crippen molar-refractivity contribution in [2.75, 3.05) is 7.11 Å². The van der Waals surface area contributed by atoms with Crippen LogP contribution in [0.2, 0.25) is 0 Å². The van der Waals surface area contributed by atoms with Gasteiger partial charge >= 0.3 is 5.97 Å². The topological polar surface area (TPSA) is 64.6 Å². The van der Waals surface area contributed by atoms with Crippen molar-refractivity contribution < 1.29 is 19.1 Å². The SMILES string of the molecule is COc1ccc(C(CC(=O)OC(C)C)NC(=O)c2ccc(C)cc2C)cc1. The van der Waals surface area contributed by atoms with Crippen LogP contribution in [0.15, 0.2) is 42.5 Å². The number of carbonyl (C=O) groups excluding carboxylic acids is 2. The van der Waals surface area contributed by atoms with Crippen LogP contribution in [-0.2, 0) is 9.53 Å². The van der Waals surface area contributed by atoms with Gasteiger partial charge in [-0.2, -0.15) is 0 Å². The molecular weight excluding hydrogens is 342 g/mol. The molecule has 0 bridgehead atoms. The number of hydrogen-bond acceptors (Lipinski definition) is 4. The molecule has 1 N–H and O–H groups in total. The first-order chi connectivity index (χ1) is 12.8. The number of aryl methyl sites for hydroxylation is 2. The van der Waals surface area contributed by atoms with Gasteiger partial charge in [0.25, 0.3) is 5.91 Å². The lowest BCUT2D eigenvalue weighted by Gasteiger charge is -2.20. The van der Waals surface area contributed by atoms with Crippen LogP contribution in [0.5, 0.6) is 5.75 Å². The highest BCUT2D eigenvalue weighted by molar-refractivity contribution is 5.96. The molecule has 0 heterocycles. The molecule has 0 aliphatic rings. The fourth-order valence-corrected chi connectivity index (χ4v) is 2.87. The number of methoxy groups -OCH3 is 1. The molecule has 0 spiro atoms. The molecule has 0 radical (unpaired) electrons. The van der Waals surface area contributed by atoms with Crippen molar-refractivity contribution in [1.82, 2.24) is 5.32 Å². The van der Waals surface area contributed by atoms with E-state index in [1.54, 1.807) is 39.2 Å². The summed E-state index contributed by atoms with van der Waals surface area (Å²) >= 11 is 0. The van der Waals surface area contributed by atoms with Crippen molar-refractivity contribution in [2.24, 2.45) is 0 Å². The molecule has 2 rings (SSSR count). The van der Waals surface area contributed by atoms with Crippen LogP contribution in [0.4, 0.5) is 0 Å². The Morgan fingerprint density at radius 3 is 2.26 bits per heavy atom. The van der Waals surface area contributed by atoms with Crippen molar-refractivity contribution in [3.8, 4) is 5.75 Å². The molecule has 0 saturated heterocycles. The molecule has 1 amide bonds. The molecule has 144 valence electrons. The standard InChI is InChI=1S/C22H27NO4/c1-14(2)27-21(24)13-20(17-7-9-18(26-5)10-8-17)23-22(25)19-11-6-15(3)12-16(19)4/h6-12,14,20H,13H2,1-5H3,(H,23,25). The highest BCUT2D eigenvalue weighted by Crippen LogP contribution is 2.22. The van der Waals surface area contributed by atoms with Crippen molar-refractivity contribution in [2.45, 2.75) is 46.3 Å². The Morgan fingerprint density at radius 2 is 1.70 bits per heavy atom. The van der Waals surface area contributed by atoms with Crippen LogP contribution in [-0.4, -0.2) is 25.1 Å². The zero-order valence-corrected chi connectivity index (χ0v) is 16.5. The molecular formula is C22H27NO4. The first kappa shape index (κ1) is 20.5. The first-order valence-corrected chi connectivity index (χ1v) is 9.01. The number of nitrogens with one attached hydrogen (secondary N) is 1. The zero-order valence-electron chi connectivity index (χ0n) is 16.5. The second-order valence-corrected chi connectivity index (χ2v) is 6.86. The third-order valence-corrected chi connectivity index (χ3v) is 4.19. The molecule has 1 atom stereocenters. The molecule has 2 aromatic rings. The summed E-state index contributed by atoms with van der Waals surface area (Å²) in [6.07, 6.45) is -0.148. The van der Waals surface area contributed by atoms with Gasteiger partial charge < -0.3 is 14.8 Å². The summed E-state index contributed by atoms with van der Waals surface area (Å²) in [5, 5.41) is 2.97. The number of esters is 1. The molecule has 1 unspecified atom stereocenters. The summed E-state index contributed by atoms with van der Waals surface area (Å²) in [5.41, 5.74) is 3.40. The Bertz CT molecular complexity index is 796. The van der Waals surface area contributed by atoms with Gasteiger partial charge in [-0.05, 0) is 57.0 Å². The third-order valence-electron chi connectivity index (χ3n) is 4.19. The van der Waals surface area contributed by atoms with E-state index >= 15 is 0 Å².